The van der Waals surface area contributed by atoms with Crippen molar-refractivity contribution in [1.82, 2.24) is 4.90 Å². The van der Waals surface area contributed by atoms with Crippen LogP contribution in [0.4, 0.5) is 0 Å². The van der Waals surface area contributed by atoms with Crippen LogP contribution in [0.15, 0.2) is 48.5 Å². The van der Waals surface area contributed by atoms with E-state index in [2.05, 4.69) is 0 Å². The van der Waals surface area contributed by atoms with Crippen molar-refractivity contribution < 1.29 is 14.3 Å². The fourth-order valence-electron chi connectivity index (χ4n) is 2.44. The highest BCUT2D eigenvalue weighted by Crippen LogP contribution is 2.13. The van der Waals surface area contributed by atoms with E-state index >= 15 is 0 Å². The van der Waals surface area contributed by atoms with Gasteiger partial charge in [-0.05, 0) is 30.5 Å². The number of nitrogens with zero attached hydrogens (tertiary/aromatic N) is 1. The molecular formula is C20H23NO3. The summed E-state index contributed by atoms with van der Waals surface area (Å²) in [5.41, 5.74) is 4.21. The highest BCUT2D eigenvalue weighted by molar-refractivity contribution is 5.83. The van der Waals surface area contributed by atoms with Crippen LogP contribution in [0.2, 0.25) is 0 Å². The first-order chi connectivity index (χ1) is 11.5. The van der Waals surface area contributed by atoms with Crippen molar-refractivity contribution in [2.75, 3.05) is 13.7 Å². The third-order valence-electron chi connectivity index (χ3n) is 4.00. The maximum Gasteiger partial charge on any atom is 0.325 e. The van der Waals surface area contributed by atoms with Crippen molar-refractivity contribution >= 4 is 11.9 Å². The summed E-state index contributed by atoms with van der Waals surface area (Å²) < 4.78 is 4.73. The Kier molecular flexibility index (Phi) is 6.13. The predicted molar refractivity (Wildman–Crippen MR) is 93.5 cm³/mol. The molecule has 0 saturated heterocycles. The molecule has 0 atom stereocenters. The monoisotopic (exact) mass is 325 g/mol. The van der Waals surface area contributed by atoms with Crippen LogP contribution in [-0.4, -0.2) is 30.4 Å². The zero-order valence-corrected chi connectivity index (χ0v) is 14.4. The minimum absolute atomic E-state index is 0.0461. The van der Waals surface area contributed by atoms with Gasteiger partial charge in [0.15, 0.2) is 0 Å². The van der Waals surface area contributed by atoms with Gasteiger partial charge in [-0.25, -0.2) is 0 Å². The Morgan fingerprint density at radius 1 is 1.00 bits per heavy atom. The summed E-state index contributed by atoms with van der Waals surface area (Å²) in [6.45, 7) is 4.35. The number of carbonyl (C=O) groups is 2. The number of methoxy groups -OCH3 is 1. The molecule has 0 saturated carbocycles. The van der Waals surface area contributed by atoms with E-state index in [4.69, 9.17) is 4.74 Å². The van der Waals surface area contributed by atoms with E-state index in [0.29, 0.717) is 6.54 Å². The lowest BCUT2D eigenvalue weighted by Gasteiger charge is -2.22. The molecule has 4 heteroatoms. The summed E-state index contributed by atoms with van der Waals surface area (Å²) in [6, 6.07) is 15.7. The first kappa shape index (κ1) is 17.7. The molecule has 0 aliphatic carbocycles. The maximum atomic E-state index is 12.7. The van der Waals surface area contributed by atoms with Gasteiger partial charge in [-0.3, -0.25) is 9.59 Å². The number of amides is 1. The Morgan fingerprint density at radius 3 is 2.29 bits per heavy atom. The Morgan fingerprint density at radius 2 is 1.67 bits per heavy atom. The van der Waals surface area contributed by atoms with Crippen LogP contribution in [0, 0.1) is 13.8 Å². The fraction of sp³-hybridized carbons (Fsp3) is 0.300. The molecule has 0 radical (unpaired) electrons. The molecule has 0 aliphatic heterocycles. The molecule has 0 bridgehead atoms. The van der Waals surface area contributed by atoms with Crippen LogP contribution < -0.4 is 0 Å². The summed E-state index contributed by atoms with van der Waals surface area (Å²) in [6.07, 6.45) is 0.267. The Bertz CT molecular complexity index is 707. The van der Waals surface area contributed by atoms with Crippen molar-refractivity contribution in [1.29, 1.82) is 0 Å². The van der Waals surface area contributed by atoms with Gasteiger partial charge in [0.05, 0.1) is 13.5 Å². The second-order valence-corrected chi connectivity index (χ2v) is 5.91. The standard InChI is InChI=1S/C20H23NO3/c1-15-8-10-17(11-9-15)12-19(22)21(14-20(23)24-3)13-18-7-5-4-6-16(18)2/h4-11H,12-14H2,1-3H3. The topological polar surface area (TPSA) is 46.6 Å². The van der Waals surface area contributed by atoms with Crippen molar-refractivity contribution in [3.63, 3.8) is 0 Å². The number of aryl methyl sites for hydroxylation is 2. The molecule has 2 aromatic rings. The van der Waals surface area contributed by atoms with E-state index in [1.807, 2.05) is 62.4 Å². The average molecular weight is 325 g/mol. The summed E-state index contributed by atoms with van der Waals surface area (Å²) in [7, 11) is 1.33. The molecule has 1 amide bonds. The van der Waals surface area contributed by atoms with Gasteiger partial charge in [0.25, 0.3) is 0 Å². The Hall–Kier alpha value is -2.62. The lowest BCUT2D eigenvalue weighted by molar-refractivity contribution is -0.147. The lowest BCUT2D eigenvalue weighted by atomic mass is 10.1. The molecule has 126 valence electrons. The zero-order chi connectivity index (χ0) is 17.5. The summed E-state index contributed by atoms with van der Waals surface area (Å²) >= 11 is 0. The Balaban J connectivity index is 2.15. The predicted octanol–water partition coefficient (Wildman–Crippen LogP) is 3.05. The number of ether oxygens (including phenoxy) is 1. The first-order valence-corrected chi connectivity index (χ1v) is 7.94. The van der Waals surface area contributed by atoms with Gasteiger partial charge < -0.3 is 9.64 Å². The van der Waals surface area contributed by atoms with Crippen molar-refractivity contribution in [3.8, 4) is 0 Å². The van der Waals surface area contributed by atoms with Gasteiger partial charge in [-0.15, -0.1) is 0 Å². The third kappa shape index (κ3) is 4.95. The second kappa shape index (κ2) is 8.29. The summed E-state index contributed by atoms with van der Waals surface area (Å²) in [4.78, 5) is 25.9. The number of hydrogen-bond acceptors (Lipinski definition) is 3. The quantitative estimate of drug-likeness (QED) is 0.767. The van der Waals surface area contributed by atoms with E-state index in [9.17, 15) is 9.59 Å². The number of hydrogen-bond donors (Lipinski definition) is 0. The van der Waals surface area contributed by atoms with Crippen molar-refractivity contribution in [2.45, 2.75) is 26.8 Å². The Labute approximate surface area is 143 Å². The lowest BCUT2D eigenvalue weighted by Crippen LogP contribution is -2.36. The number of esters is 1. The molecule has 2 rings (SSSR count). The molecule has 24 heavy (non-hydrogen) atoms. The molecule has 2 aromatic carbocycles. The molecule has 0 N–H and O–H groups in total. The molecule has 0 aromatic heterocycles. The van der Waals surface area contributed by atoms with Crippen LogP contribution in [0.5, 0.6) is 0 Å². The molecule has 0 spiro atoms. The minimum Gasteiger partial charge on any atom is -0.468 e. The number of rotatable bonds is 6. The van der Waals surface area contributed by atoms with Crippen LogP contribution in [0.3, 0.4) is 0 Å². The first-order valence-electron chi connectivity index (χ1n) is 7.94. The van der Waals surface area contributed by atoms with Crippen LogP contribution >= 0.6 is 0 Å². The third-order valence-corrected chi connectivity index (χ3v) is 4.00. The van der Waals surface area contributed by atoms with Gasteiger partial charge in [0, 0.05) is 6.54 Å². The van der Waals surface area contributed by atoms with Gasteiger partial charge in [-0.2, -0.15) is 0 Å². The van der Waals surface area contributed by atoms with Gasteiger partial charge >= 0.3 is 5.97 Å². The molecule has 0 fully saturated rings. The fourth-order valence-corrected chi connectivity index (χ4v) is 2.44. The highest BCUT2D eigenvalue weighted by atomic mass is 16.5. The van der Waals surface area contributed by atoms with Crippen LogP contribution in [0.25, 0.3) is 0 Å². The maximum absolute atomic E-state index is 12.7. The zero-order valence-electron chi connectivity index (χ0n) is 14.4. The summed E-state index contributed by atoms with van der Waals surface area (Å²) in [5.74, 6) is -0.506. The van der Waals surface area contributed by atoms with E-state index in [1.165, 1.54) is 7.11 Å². The normalized spacial score (nSPS) is 10.3. The molecule has 0 heterocycles. The van der Waals surface area contributed by atoms with Crippen LogP contribution in [-0.2, 0) is 27.3 Å². The van der Waals surface area contributed by atoms with Gasteiger partial charge in [0.1, 0.15) is 6.54 Å². The molecular weight excluding hydrogens is 302 g/mol. The molecule has 0 aliphatic rings. The van der Waals surface area contributed by atoms with E-state index in [1.54, 1.807) is 4.90 Å². The van der Waals surface area contributed by atoms with Gasteiger partial charge in [0.2, 0.25) is 5.91 Å². The molecule has 4 nitrogen and oxygen atoms in total. The number of benzene rings is 2. The molecule has 0 unspecified atom stereocenters. The van der Waals surface area contributed by atoms with E-state index in [0.717, 1.165) is 22.3 Å². The van der Waals surface area contributed by atoms with Crippen molar-refractivity contribution in [3.05, 3.63) is 70.8 Å². The average Bonchev–Trinajstić information content (AvgIpc) is 2.58. The minimum atomic E-state index is -0.416. The largest absolute Gasteiger partial charge is 0.468 e. The van der Waals surface area contributed by atoms with Crippen LogP contribution in [0.1, 0.15) is 22.3 Å². The second-order valence-electron chi connectivity index (χ2n) is 5.91. The SMILES string of the molecule is COC(=O)CN(Cc1ccccc1C)C(=O)Cc1ccc(C)cc1. The van der Waals surface area contributed by atoms with Crippen molar-refractivity contribution in [2.24, 2.45) is 0 Å². The van der Waals surface area contributed by atoms with E-state index in [-0.39, 0.29) is 18.9 Å². The summed E-state index contributed by atoms with van der Waals surface area (Å²) in [5, 5.41) is 0. The van der Waals surface area contributed by atoms with Gasteiger partial charge in [-0.1, -0.05) is 54.1 Å². The number of carbonyl (C=O) groups excluding carboxylic acids is 2. The van der Waals surface area contributed by atoms with E-state index < -0.39 is 5.97 Å². The highest BCUT2D eigenvalue weighted by Gasteiger charge is 2.19. The smallest absolute Gasteiger partial charge is 0.325 e.